The fourth-order valence-corrected chi connectivity index (χ4v) is 3.50. The number of carbonyl (C=O) groups excluding carboxylic acids is 2. The summed E-state index contributed by atoms with van der Waals surface area (Å²) >= 11 is 3.34. The van der Waals surface area contributed by atoms with Gasteiger partial charge in [-0.05, 0) is 48.4 Å². The molecule has 1 amide bonds. The monoisotopic (exact) mass is 502 g/mol. The van der Waals surface area contributed by atoms with E-state index in [1.165, 1.54) is 45.4 Å². The lowest BCUT2D eigenvalue weighted by molar-refractivity contribution is -0.121. The molecule has 1 N–H and O–H groups in total. The van der Waals surface area contributed by atoms with Gasteiger partial charge >= 0.3 is 5.97 Å². The van der Waals surface area contributed by atoms with E-state index in [1.807, 2.05) is 6.07 Å². The molecule has 0 aromatic heterocycles. The predicted molar refractivity (Wildman–Crippen MR) is 130 cm³/mol. The molecular weight excluding hydrogens is 472 g/mol. The zero-order valence-corrected chi connectivity index (χ0v) is 20.3. The maximum absolute atomic E-state index is 12.4. The summed E-state index contributed by atoms with van der Waals surface area (Å²) in [7, 11) is 1.50. The van der Waals surface area contributed by atoms with Crippen LogP contribution in [0.3, 0.4) is 0 Å². The van der Waals surface area contributed by atoms with Gasteiger partial charge in [-0.25, -0.2) is 10.2 Å². The van der Waals surface area contributed by atoms with Crippen molar-refractivity contribution in [1.29, 1.82) is 0 Å². The van der Waals surface area contributed by atoms with Crippen molar-refractivity contribution in [3.05, 3.63) is 58.1 Å². The molecule has 0 aliphatic heterocycles. The van der Waals surface area contributed by atoms with Crippen LogP contribution < -0.4 is 14.9 Å². The zero-order chi connectivity index (χ0) is 23.2. The van der Waals surface area contributed by atoms with Gasteiger partial charge in [-0.1, -0.05) is 67.4 Å². The second-order valence-electron chi connectivity index (χ2n) is 7.47. The van der Waals surface area contributed by atoms with Crippen LogP contribution in [0.4, 0.5) is 0 Å². The van der Waals surface area contributed by atoms with E-state index >= 15 is 0 Å². The molecule has 6 nitrogen and oxygen atoms in total. The second kappa shape index (κ2) is 14.4. The van der Waals surface area contributed by atoms with Gasteiger partial charge in [-0.2, -0.15) is 5.10 Å². The van der Waals surface area contributed by atoms with Gasteiger partial charge in [0.15, 0.2) is 11.5 Å². The van der Waals surface area contributed by atoms with Crippen molar-refractivity contribution < 1.29 is 19.1 Å². The van der Waals surface area contributed by atoms with E-state index in [1.54, 1.807) is 36.4 Å². The summed E-state index contributed by atoms with van der Waals surface area (Å²) in [6.07, 6.45) is 10.2. The number of amides is 1. The first-order valence-electron chi connectivity index (χ1n) is 11.0. The Labute approximate surface area is 198 Å². The number of benzene rings is 2. The lowest BCUT2D eigenvalue weighted by Crippen LogP contribution is -2.16. The molecule has 0 atom stereocenters. The van der Waals surface area contributed by atoms with Crippen LogP contribution in [-0.2, 0) is 4.79 Å². The molecule has 0 unspecified atom stereocenters. The Morgan fingerprint density at radius 3 is 2.47 bits per heavy atom. The number of rotatable bonds is 13. The molecule has 172 valence electrons. The molecule has 2 aromatic rings. The number of nitrogens with one attached hydrogen (secondary N) is 1. The Kier molecular flexibility index (Phi) is 11.5. The van der Waals surface area contributed by atoms with Gasteiger partial charge in [-0.15, -0.1) is 0 Å². The van der Waals surface area contributed by atoms with Crippen LogP contribution in [0.2, 0.25) is 0 Å². The lowest BCUT2D eigenvalue weighted by Gasteiger charge is -2.10. The van der Waals surface area contributed by atoms with Crippen LogP contribution in [0.5, 0.6) is 11.5 Å². The van der Waals surface area contributed by atoms with Crippen molar-refractivity contribution >= 4 is 34.0 Å². The molecule has 0 spiro atoms. The zero-order valence-electron chi connectivity index (χ0n) is 18.7. The predicted octanol–water partition coefficient (Wildman–Crippen LogP) is 6.27. The number of esters is 1. The first kappa shape index (κ1) is 25.6. The molecule has 2 rings (SSSR count). The third-order valence-corrected chi connectivity index (χ3v) is 5.35. The highest BCUT2D eigenvalue weighted by Crippen LogP contribution is 2.28. The van der Waals surface area contributed by atoms with Crippen LogP contribution in [-0.4, -0.2) is 25.2 Å². The molecule has 0 heterocycles. The number of hydrogen-bond acceptors (Lipinski definition) is 5. The number of hydrogen-bond donors (Lipinski definition) is 1. The van der Waals surface area contributed by atoms with Gasteiger partial charge in [0.05, 0.1) is 18.9 Å². The summed E-state index contributed by atoms with van der Waals surface area (Å²) in [5, 5.41) is 4.01. The number of nitrogens with zero attached hydrogens (tertiary/aromatic N) is 1. The molecule has 0 aliphatic rings. The minimum absolute atomic E-state index is 0.0960. The topological polar surface area (TPSA) is 77.0 Å². The average Bonchev–Trinajstić information content (AvgIpc) is 2.79. The van der Waals surface area contributed by atoms with E-state index in [0.29, 0.717) is 29.0 Å². The van der Waals surface area contributed by atoms with Crippen LogP contribution in [0.15, 0.2) is 52.0 Å². The number of carbonyl (C=O) groups is 2. The van der Waals surface area contributed by atoms with Crippen molar-refractivity contribution in [2.24, 2.45) is 5.10 Å². The molecule has 2 aromatic carbocycles. The minimum atomic E-state index is -0.483. The molecule has 32 heavy (non-hydrogen) atoms. The van der Waals surface area contributed by atoms with Crippen LogP contribution in [0.1, 0.15) is 74.2 Å². The van der Waals surface area contributed by atoms with Gasteiger partial charge in [0.25, 0.3) is 0 Å². The highest BCUT2D eigenvalue weighted by Gasteiger charge is 2.13. The molecule has 0 fully saturated rings. The Bertz CT molecular complexity index is 915. The molecule has 0 aliphatic carbocycles. The Balaban J connectivity index is 1.82. The molecule has 0 radical (unpaired) electrons. The van der Waals surface area contributed by atoms with E-state index in [9.17, 15) is 9.59 Å². The lowest BCUT2D eigenvalue weighted by atomic mass is 10.1. The Morgan fingerprint density at radius 2 is 1.75 bits per heavy atom. The van der Waals surface area contributed by atoms with Crippen molar-refractivity contribution in [2.75, 3.05) is 7.11 Å². The quantitative estimate of drug-likeness (QED) is 0.115. The highest BCUT2D eigenvalue weighted by molar-refractivity contribution is 9.10. The summed E-state index contributed by atoms with van der Waals surface area (Å²) in [4.78, 5) is 24.3. The van der Waals surface area contributed by atoms with E-state index in [-0.39, 0.29) is 5.91 Å². The maximum atomic E-state index is 12.4. The summed E-state index contributed by atoms with van der Waals surface area (Å²) in [6, 6.07) is 12.0. The number of ether oxygens (including phenoxy) is 2. The van der Waals surface area contributed by atoms with Gasteiger partial charge < -0.3 is 9.47 Å². The van der Waals surface area contributed by atoms with Crippen molar-refractivity contribution in [1.82, 2.24) is 5.43 Å². The van der Waals surface area contributed by atoms with Crippen LogP contribution in [0, 0.1) is 0 Å². The third-order valence-electron chi connectivity index (χ3n) is 4.86. The second-order valence-corrected chi connectivity index (χ2v) is 8.39. The van der Waals surface area contributed by atoms with Gasteiger partial charge in [0.2, 0.25) is 5.91 Å². The van der Waals surface area contributed by atoms with E-state index < -0.39 is 5.97 Å². The smallest absolute Gasteiger partial charge is 0.343 e. The standard InChI is InChI=1S/C25H31BrN2O4/c1-3-4-5-6-7-8-9-13-24(29)28-27-18-19-14-15-22(23(16-19)31-2)32-25(30)20-11-10-12-21(26)17-20/h10-12,14-18H,3-9,13H2,1-2H3,(H,28,29). The normalized spacial score (nSPS) is 10.8. The number of methoxy groups -OCH3 is 1. The van der Waals surface area contributed by atoms with Crippen LogP contribution >= 0.6 is 15.9 Å². The van der Waals surface area contributed by atoms with Crippen LogP contribution in [0.25, 0.3) is 0 Å². The van der Waals surface area contributed by atoms with Crippen molar-refractivity contribution in [3.63, 3.8) is 0 Å². The minimum Gasteiger partial charge on any atom is -0.493 e. The summed E-state index contributed by atoms with van der Waals surface area (Å²) in [6.45, 7) is 2.20. The van der Waals surface area contributed by atoms with E-state index in [2.05, 4.69) is 33.4 Å². The first-order valence-corrected chi connectivity index (χ1v) is 11.8. The Morgan fingerprint density at radius 1 is 1.00 bits per heavy atom. The summed E-state index contributed by atoms with van der Waals surface area (Å²) < 4.78 is 11.6. The van der Waals surface area contributed by atoms with Gasteiger partial charge in [-0.3, -0.25) is 4.79 Å². The Hall–Kier alpha value is -2.67. The van der Waals surface area contributed by atoms with Crippen molar-refractivity contribution in [2.45, 2.75) is 58.3 Å². The first-order chi connectivity index (χ1) is 15.5. The highest BCUT2D eigenvalue weighted by atomic mass is 79.9. The molecule has 0 saturated heterocycles. The summed E-state index contributed by atoms with van der Waals surface area (Å²) in [5.74, 6) is 0.120. The van der Waals surface area contributed by atoms with Gasteiger partial charge in [0, 0.05) is 10.9 Å². The van der Waals surface area contributed by atoms with E-state index in [4.69, 9.17) is 9.47 Å². The third kappa shape index (κ3) is 9.22. The fourth-order valence-electron chi connectivity index (χ4n) is 3.10. The van der Waals surface area contributed by atoms with Gasteiger partial charge in [0.1, 0.15) is 0 Å². The molecule has 0 bridgehead atoms. The average molecular weight is 503 g/mol. The number of unbranched alkanes of at least 4 members (excludes halogenated alkanes) is 6. The van der Waals surface area contributed by atoms with E-state index in [0.717, 1.165) is 17.3 Å². The maximum Gasteiger partial charge on any atom is 0.343 e. The SMILES string of the molecule is CCCCCCCCCC(=O)NN=Cc1ccc(OC(=O)c2cccc(Br)c2)c(OC)c1. The molecule has 0 saturated carbocycles. The fraction of sp³-hybridized carbons (Fsp3) is 0.400. The molecular formula is C25H31BrN2O4. The molecule has 7 heteroatoms. The van der Waals surface area contributed by atoms with Crippen molar-refractivity contribution in [3.8, 4) is 11.5 Å². The number of hydrazone groups is 1. The summed E-state index contributed by atoms with van der Waals surface area (Å²) in [5.41, 5.74) is 3.69. The largest absolute Gasteiger partial charge is 0.493 e. The number of halogens is 1.